The summed E-state index contributed by atoms with van der Waals surface area (Å²) in [5.74, 6) is 0. The molecule has 0 bridgehead atoms. The van der Waals surface area contributed by atoms with Crippen molar-refractivity contribution in [1.82, 2.24) is 0 Å². The van der Waals surface area contributed by atoms with Crippen LogP contribution in [0.25, 0.3) is 12.2 Å². The lowest BCUT2D eigenvalue weighted by Gasteiger charge is -2.22. The molecule has 0 fully saturated rings. The SMILES string of the molecule is C=Cc1ccccc1P(=O)(OCC)c1ccccc1C=C. The molecule has 0 amide bonds. The summed E-state index contributed by atoms with van der Waals surface area (Å²) in [5, 5.41) is 1.35. The van der Waals surface area contributed by atoms with Crippen molar-refractivity contribution in [3.63, 3.8) is 0 Å². The molecule has 0 saturated heterocycles. The minimum Gasteiger partial charge on any atom is -0.322 e. The first-order chi connectivity index (χ1) is 10.2. The molecule has 0 aliphatic rings. The zero-order valence-corrected chi connectivity index (χ0v) is 13.1. The first-order valence-corrected chi connectivity index (χ1v) is 8.48. The summed E-state index contributed by atoms with van der Waals surface area (Å²) in [6.07, 6.45) is 3.41. The maximum Gasteiger partial charge on any atom is 0.262 e. The highest BCUT2D eigenvalue weighted by atomic mass is 31.2. The molecule has 0 heterocycles. The predicted molar refractivity (Wildman–Crippen MR) is 91.6 cm³/mol. The van der Waals surface area contributed by atoms with E-state index in [0.29, 0.717) is 17.2 Å². The van der Waals surface area contributed by atoms with Crippen LogP contribution in [0.4, 0.5) is 0 Å². The second-order valence-electron chi connectivity index (χ2n) is 4.50. The molecule has 0 unspecified atom stereocenters. The van der Waals surface area contributed by atoms with Crippen LogP contribution in [0.3, 0.4) is 0 Å². The van der Waals surface area contributed by atoms with Crippen LogP contribution in [0.5, 0.6) is 0 Å². The van der Waals surface area contributed by atoms with Crippen LogP contribution in [-0.4, -0.2) is 6.61 Å². The molecule has 3 heteroatoms. The Hall–Kier alpha value is -1.89. The van der Waals surface area contributed by atoms with Gasteiger partial charge in [0, 0.05) is 10.6 Å². The van der Waals surface area contributed by atoms with E-state index in [2.05, 4.69) is 13.2 Å². The molecular weight excluding hydrogens is 279 g/mol. The van der Waals surface area contributed by atoms with Crippen LogP contribution >= 0.6 is 7.37 Å². The first kappa shape index (κ1) is 15.5. The van der Waals surface area contributed by atoms with Crippen molar-refractivity contribution >= 4 is 30.1 Å². The Bertz CT molecular complexity index is 648. The summed E-state index contributed by atoms with van der Waals surface area (Å²) in [4.78, 5) is 0. The van der Waals surface area contributed by atoms with Gasteiger partial charge in [0.25, 0.3) is 7.37 Å². The van der Waals surface area contributed by atoms with Gasteiger partial charge in [-0.25, -0.2) is 0 Å². The quantitative estimate of drug-likeness (QED) is 0.746. The molecule has 2 nitrogen and oxygen atoms in total. The normalized spacial score (nSPS) is 11.1. The lowest BCUT2D eigenvalue weighted by molar-refractivity contribution is 0.348. The van der Waals surface area contributed by atoms with E-state index in [4.69, 9.17) is 4.52 Å². The van der Waals surface area contributed by atoms with Crippen molar-refractivity contribution in [3.8, 4) is 0 Å². The van der Waals surface area contributed by atoms with E-state index in [9.17, 15) is 4.57 Å². The van der Waals surface area contributed by atoms with Crippen molar-refractivity contribution in [3.05, 3.63) is 72.8 Å². The van der Waals surface area contributed by atoms with Gasteiger partial charge < -0.3 is 4.52 Å². The van der Waals surface area contributed by atoms with Gasteiger partial charge in [-0.2, -0.15) is 0 Å². The summed E-state index contributed by atoms with van der Waals surface area (Å²) < 4.78 is 19.4. The van der Waals surface area contributed by atoms with Crippen molar-refractivity contribution < 1.29 is 9.09 Å². The highest BCUT2D eigenvalue weighted by molar-refractivity contribution is 7.74. The molecule has 108 valence electrons. The van der Waals surface area contributed by atoms with Gasteiger partial charge in [-0.1, -0.05) is 61.7 Å². The van der Waals surface area contributed by atoms with Gasteiger partial charge in [0.05, 0.1) is 6.61 Å². The molecule has 0 spiro atoms. The Morgan fingerprint density at radius 3 is 1.76 bits per heavy atom. The molecule has 2 aromatic rings. The summed E-state index contributed by atoms with van der Waals surface area (Å²) in [6.45, 7) is 9.83. The molecule has 0 aliphatic heterocycles. The summed E-state index contributed by atoms with van der Waals surface area (Å²) >= 11 is 0. The second-order valence-corrected chi connectivity index (χ2v) is 6.82. The van der Waals surface area contributed by atoms with Crippen molar-refractivity contribution in [1.29, 1.82) is 0 Å². The van der Waals surface area contributed by atoms with Crippen LogP contribution in [0.2, 0.25) is 0 Å². The topological polar surface area (TPSA) is 26.3 Å². The molecule has 0 aromatic heterocycles. The van der Waals surface area contributed by atoms with Gasteiger partial charge in [-0.05, 0) is 30.2 Å². The molecule has 0 radical (unpaired) electrons. The maximum atomic E-state index is 13.7. The highest BCUT2D eigenvalue weighted by Gasteiger charge is 2.31. The Balaban J connectivity index is 2.74. The number of benzene rings is 2. The molecule has 0 atom stereocenters. The van der Waals surface area contributed by atoms with E-state index in [1.807, 2.05) is 55.5 Å². The van der Waals surface area contributed by atoms with Crippen molar-refractivity contribution in [2.45, 2.75) is 6.92 Å². The van der Waals surface area contributed by atoms with Gasteiger partial charge >= 0.3 is 0 Å². The van der Waals surface area contributed by atoms with E-state index in [1.54, 1.807) is 12.2 Å². The smallest absolute Gasteiger partial charge is 0.262 e. The average Bonchev–Trinajstić information content (AvgIpc) is 2.54. The third-order valence-corrected chi connectivity index (χ3v) is 5.96. The summed E-state index contributed by atoms with van der Waals surface area (Å²) in [7, 11) is -3.17. The summed E-state index contributed by atoms with van der Waals surface area (Å²) in [5.41, 5.74) is 1.65. The van der Waals surface area contributed by atoms with Gasteiger partial charge in [0.15, 0.2) is 0 Å². The van der Waals surface area contributed by atoms with Gasteiger partial charge in [-0.15, -0.1) is 0 Å². The van der Waals surface area contributed by atoms with Crippen molar-refractivity contribution in [2.75, 3.05) is 6.61 Å². The van der Waals surface area contributed by atoms with E-state index in [0.717, 1.165) is 11.1 Å². The van der Waals surface area contributed by atoms with Crippen LogP contribution in [-0.2, 0) is 9.09 Å². The third kappa shape index (κ3) is 2.92. The summed E-state index contributed by atoms with van der Waals surface area (Å²) in [6, 6.07) is 15.0. The molecule has 0 aliphatic carbocycles. The molecule has 2 rings (SSSR count). The largest absolute Gasteiger partial charge is 0.322 e. The van der Waals surface area contributed by atoms with Gasteiger partial charge in [-0.3, -0.25) is 4.57 Å². The van der Waals surface area contributed by atoms with E-state index < -0.39 is 7.37 Å². The third-order valence-electron chi connectivity index (χ3n) is 3.26. The fourth-order valence-corrected chi connectivity index (χ4v) is 4.78. The minimum absolute atomic E-state index is 0.369. The monoisotopic (exact) mass is 298 g/mol. The predicted octanol–water partition coefficient (Wildman–Crippen LogP) is 4.24. The fraction of sp³-hybridized carbons (Fsp3) is 0.111. The van der Waals surface area contributed by atoms with Gasteiger partial charge in [0.1, 0.15) is 0 Å². The zero-order valence-electron chi connectivity index (χ0n) is 12.2. The Labute approximate surface area is 126 Å². The molecular formula is C18H19O2P. The second kappa shape index (κ2) is 6.71. The van der Waals surface area contributed by atoms with Crippen LogP contribution in [0.1, 0.15) is 18.1 Å². The molecule has 21 heavy (non-hydrogen) atoms. The van der Waals surface area contributed by atoms with Crippen LogP contribution < -0.4 is 10.6 Å². The lowest BCUT2D eigenvalue weighted by Crippen LogP contribution is -2.22. The Morgan fingerprint density at radius 2 is 1.38 bits per heavy atom. The lowest BCUT2D eigenvalue weighted by atomic mass is 10.2. The van der Waals surface area contributed by atoms with Crippen molar-refractivity contribution in [2.24, 2.45) is 0 Å². The Kier molecular flexibility index (Phi) is 4.95. The Morgan fingerprint density at radius 1 is 0.952 bits per heavy atom. The average molecular weight is 298 g/mol. The first-order valence-electron chi connectivity index (χ1n) is 6.86. The highest BCUT2D eigenvalue weighted by Crippen LogP contribution is 2.46. The number of hydrogen-bond donors (Lipinski definition) is 0. The van der Waals surface area contributed by atoms with E-state index in [-0.39, 0.29) is 0 Å². The standard InChI is InChI=1S/C18H19O2P/c1-4-15-11-7-9-13-17(15)21(19,20-6-3)18-14-10-8-12-16(18)5-2/h4-5,7-14H,1-2,6H2,3H3. The number of rotatable bonds is 6. The fourth-order valence-electron chi connectivity index (χ4n) is 2.31. The van der Waals surface area contributed by atoms with E-state index in [1.165, 1.54) is 0 Å². The van der Waals surface area contributed by atoms with Gasteiger partial charge in [0.2, 0.25) is 0 Å². The molecule has 0 saturated carbocycles. The minimum atomic E-state index is -3.17. The van der Waals surface area contributed by atoms with Crippen LogP contribution in [0, 0.1) is 0 Å². The number of hydrogen-bond acceptors (Lipinski definition) is 2. The molecule has 0 N–H and O–H groups in total. The molecule has 2 aromatic carbocycles. The zero-order chi connectivity index (χ0) is 15.3. The maximum absolute atomic E-state index is 13.7. The van der Waals surface area contributed by atoms with Crippen LogP contribution in [0.15, 0.2) is 61.7 Å². The van der Waals surface area contributed by atoms with E-state index >= 15 is 0 Å².